The highest BCUT2D eigenvalue weighted by molar-refractivity contribution is 7.13. The Morgan fingerprint density at radius 2 is 1.96 bits per heavy atom. The summed E-state index contributed by atoms with van der Waals surface area (Å²) in [5, 5.41) is 5.65. The first-order valence-electron chi connectivity index (χ1n) is 9.59. The van der Waals surface area contributed by atoms with Crippen molar-refractivity contribution in [3.63, 3.8) is 0 Å². The predicted molar refractivity (Wildman–Crippen MR) is 108 cm³/mol. The lowest BCUT2D eigenvalue weighted by molar-refractivity contribution is -0.148. The summed E-state index contributed by atoms with van der Waals surface area (Å²) in [5.41, 5.74) is 1.61. The minimum absolute atomic E-state index is 0.0553. The lowest BCUT2D eigenvalue weighted by Gasteiger charge is -2.29. The van der Waals surface area contributed by atoms with Crippen LogP contribution >= 0.6 is 11.3 Å². The van der Waals surface area contributed by atoms with Crippen LogP contribution in [0.2, 0.25) is 0 Å². The second-order valence-electron chi connectivity index (χ2n) is 7.15. The van der Waals surface area contributed by atoms with Gasteiger partial charge in [0.05, 0.1) is 19.2 Å². The quantitative estimate of drug-likeness (QED) is 0.716. The molecule has 0 unspecified atom stereocenters. The van der Waals surface area contributed by atoms with Crippen LogP contribution in [-0.4, -0.2) is 36.6 Å². The van der Waals surface area contributed by atoms with Gasteiger partial charge in [-0.3, -0.25) is 9.59 Å². The summed E-state index contributed by atoms with van der Waals surface area (Å²) in [6.07, 6.45) is 4.53. The van der Waals surface area contributed by atoms with Gasteiger partial charge in [-0.2, -0.15) is 0 Å². The molecule has 28 heavy (non-hydrogen) atoms. The number of nitrogens with zero attached hydrogens (tertiary/aromatic N) is 1. The molecule has 1 aliphatic rings. The van der Waals surface area contributed by atoms with Crippen LogP contribution in [0.1, 0.15) is 38.3 Å². The minimum Gasteiger partial charge on any atom is -0.497 e. The third-order valence-corrected chi connectivity index (χ3v) is 5.98. The van der Waals surface area contributed by atoms with Crippen molar-refractivity contribution in [3.8, 4) is 16.3 Å². The Balaban J connectivity index is 1.45. The third kappa shape index (κ3) is 5.55. The van der Waals surface area contributed by atoms with Crippen LogP contribution in [0.4, 0.5) is 0 Å². The molecule has 7 heteroatoms. The van der Waals surface area contributed by atoms with Crippen LogP contribution in [0.25, 0.3) is 10.6 Å². The maximum Gasteiger partial charge on any atom is 0.312 e. The zero-order valence-corrected chi connectivity index (χ0v) is 17.1. The van der Waals surface area contributed by atoms with Gasteiger partial charge in [-0.1, -0.05) is 19.8 Å². The van der Waals surface area contributed by atoms with E-state index in [0.29, 0.717) is 11.6 Å². The van der Waals surface area contributed by atoms with Gasteiger partial charge in [-0.15, -0.1) is 11.3 Å². The summed E-state index contributed by atoms with van der Waals surface area (Å²) in [7, 11) is 1.62. The molecule has 0 aliphatic heterocycles. The highest BCUT2D eigenvalue weighted by Gasteiger charge is 2.23. The normalized spacial score (nSPS) is 19.1. The molecule has 150 valence electrons. The fourth-order valence-electron chi connectivity index (χ4n) is 3.38. The molecule has 1 aliphatic carbocycles. The van der Waals surface area contributed by atoms with E-state index in [0.717, 1.165) is 35.6 Å². The Kier molecular flexibility index (Phi) is 7.03. The number of hydrogen-bond acceptors (Lipinski definition) is 6. The van der Waals surface area contributed by atoms with E-state index < -0.39 is 5.97 Å². The van der Waals surface area contributed by atoms with Gasteiger partial charge >= 0.3 is 5.97 Å². The lowest BCUT2D eigenvalue weighted by Crippen LogP contribution is -2.42. The van der Waals surface area contributed by atoms with E-state index in [2.05, 4.69) is 17.2 Å². The third-order valence-electron chi connectivity index (χ3n) is 5.04. The van der Waals surface area contributed by atoms with Crippen molar-refractivity contribution in [1.29, 1.82) is 0 Å². The SMILES string of the molecule is COc1ccc(-c2nc(CC(=O)OCC(=O)N[C@H]3CCCC[C@H]3C)cs2)cc1. The van der Waals surface area contributed by atoms with Gasteiger partial charge < -0.3 is 14.8 Å². The molecule has 1 aromatic heterocycles. The lowest BCUT2D eigenvalue weighted by atomic mass is 9.86. The van der Waals surface area contributed by atoms with Crippen molar-refractivity contribution < 1.29 is 19.1 Å². The number of amides is 1. The topological polar surface area (TPSA) is 77.5 Å². The van der Waals surface area contributed by atoms with E-state index >= 15 is 0 Å². The molecule has 6 nitrogen and oxygen atoms in total. The smallest absolute Gasteiger partial charge is 0.312 e. The second kappa shape index (κ2) is 9.68. The van der Waals surface area contributed by atoms with Crippen molar-refractivity contribution in [1.82, 2.24) is 10.3 Å². The van der Waals surface area contributed by atoms with Crippen LogP contribution in [0, 0.1) is 5.92 Å². The number of ether oxygens (including phenoxy) is 2. The molecule has 3 rings (SSSR count). The van der Waals surface area contributed by atoms with E-state index in [1.807, 2.05) is 29.6 Å². The molecular formula is C21H26N2O4S. The summed E-state index contributed by atoms with van der Waals surface area (Å²) < 4.78 is 10.3. The van der Waals surface area contributed by atoms with E-state index in [-0.39, 0.29) is 25.0 Å². The number of hydrogen-bond donors (Lipinski definition) is 1. The van der Waals surface area contributed by atoms with Crippen LogP contribution in [-0.2, 0) is 20.7 Å². The summed E-state index contributed by atoms with van der Waals surface area (Å²) in [6, 6.07) is 7.78. The van der Waals surface area contributed by atoms with Gasteiger partial charge in [0.25, 0.3) is 5.91 Å². The molecule has 0 radical (unpaired) electrons. The summed E-state index contributed by atoms with van der Waals surface area (Å²) in [4.78, 5) is 28.6. The fraction of sp³-hybridized carbons (Fsp3) is 0.476. The molecule has 1 saturated carbocycles. The Morgan fingerprint density at radius 1 is 1.21 bits per heavy atom. The summed E-state index contributed by atoms with van der Waals surface area (Å²) in [6.45, 7) is 1.91. The average Bonchev–Trinajstić information content (AvgIpc) is 3.16. The van der Waals surface area contributed by atoms with E-state index in [4.69, 9.17) is 9.47 Å². The van der Waals surface area contributed by atoms with Crippen LogP contribution in [0.5, 0.6) is 5.75 Å². The molecule has 1 amide bonds. The van der Waals surface area contributed by atoms with Crippen molar-refractivity contribution >= 4 is 23.2 Å². The molecular weight excluding hydrogens is 376 g/mol. The fourth-order valence-corrected chi connectivity index (χ4v) is 4.20. The molecule has 0 bridgehead atoms. The molecule has 2 aromatic rings. The molecule has 1 aromatic carbocycles. The zero-order valence-electron chi connectivity index (χ0n) is 16.3. The summed E-state index contributed by atoms with van der Waals surface area (Å²) >= 11 is 1.47. The van der Waals surface area contributed by atoms with Gasteiger partial charge in [-0.05, 0) is 43.0 Å². The Bertz CT molecular complexity index is 803. The molecule has 1 N–H and O–H groups in total. The Hall–Kier alpha value is -2.41. The van der Waals surface area contributed by atoms with Gasteiger partial charge in [0.1, 0.15) is 10.8 Å². The van der Waals surface area contributed by atoms with Crippen molar-refractivity contribution in [3.05, 3.63) is 35.3 Å². The highest BCUT2D eigenvalue weighted by atomic mass is 32.1. The number of rotatable bonds is 7. The van der Waals surface area contributed by atoms with Crippen molar-refractivity contribution in [2.75, 3.05) is 13.7 Å². The first kappa shape index (κ1) is 20.3. The van der Waals surface area contributed by atoms with Crippen LogP contribution in [0.3, 0.4) is 0 Å². The number of carbonyl (C=O) groups is 2. The zero-order chi connectivity index (χ0) is 19.9. The number of carbonyl (C=O) groups excluding carboxylic acids is 2. The van der Waals surface area contributed by atoms with Gasteiger partial charge in [-0.25, -0.2) is 4.98 Å². The average molecular weight is 403 g/mol. The first-order valence-corrected chi connectivity index (χ1v) is 10.5. The Morgan fingerprint density at radius 3 is 2.68 bits per heavy atom. The van der Waals surface area contributed by atoms with E-state index in [1.165, 1.54) is 17.8 Å². The largest absolute Gasteiger partial charge is 0.497 e. The predicted octanol–water partition coefficient (Wildman–Crippen LogP) is 3.60. The maximum absolute atomic E-state index is 12.0. The monoisotopic (exact) mass is 402 g/mol. The van der Waals surface area contributed by atoms with Gasteiger partial charge in [0, 0.05) is 17.0 Å². The molecule has 1 fully saturated rings. The minimum atomic E-state index is -0.446. The second-order valence-corrected chi connectivity index (χ2v) is 8.00. The van der Waals surface area contributed by atoms with E-state index in [1.54, 1.807) is 7.11 Å². The molecule has 0 spiro atoms. The van der Waals surface area contributed by atoms with Crippen molar-refractivity contribution in [2.24, 2.45) is 5.92 Å². The first-order chi connectivity index (χ1) is 13.5. The molecule has 1 heterocycles. The molecule has 2 atom stereocenters. The molecule has 0 saturated heterocycles. The number of aromatic nitrogens is 1. The Labute approximate surface area is 169 Å². The van der Waals surface area contributed by atoms with Gasteiger partial charge in [0.2, 0.25) is 0 Å². The van der Waals surface area contributed by atoms with Crippen LogP contribution in [0.15, 0.2) is 29.6 Å². The maximum atomic E-state index is 12.0. The van der Waals surface area contributed by atoms with Crippen molar-refractivity contribution in [2.45, 2.75) is 45.1 Å². The highest BCUT2D eigenvalue weighted by Crippen LogP contribution is 2.26. The number of thiazole rings is 1. The number of nitrogens with one attached hydrogen (secondary N) is 1. The number of benzene rings is 1. The van der Waals surface area contributed by atoms with Crippen LogP contribution < -0.4 is 10.1 Å². The number of esters is 1. The number of methoxy groups -OCH3 is 1. The van der Waals surface area contributed by atoms with Gasteiger partial charge in [0.15, 0.2) is 6.61 Å². The van der Waals surface area contributed by atoms with E-state index in [9.17, 15) is 9.59 Å². The summed E-state index contributed by atoms with van der Waals surface area (Å²) in [5.74, 6) is 0.576. The standard InChI is InChI=1S/C21H26N2O4S/c1-14-5-3-4-6-18(14)23-19(24)12-27-20(25)11-16-13-28-21(22-16)15-7-9-17(26-2)10-8-15/h7-10,13-14,18H,3-6,11-12H2,1-2H3,(H,23,24)/t14-,18+/m1/s1.